The van der Waals surface area contributed by atoms with Crippen LogP contribution in [-0.4, -0.2) is 28.4 Å². The predicted octanol–water partition coefficient (Wildman–Crippen LogP) is 4.41. The summed E-state index contributed by atoms with van der Waals surface area (Å²) in [4.78, 5) is 15.9. The molecule has 0 fully saturated rings. The minimum Gasteiger partial charge on any atom is -0.337 e. The fraction of sp³-hybridized carbons (Fsp3) is 0.474. The molecule has 0 saturated carbocycles. The summed E-state index contributed by atoms with van der Waals surface area (Å²) in [6, 6.07) is 8.03. The van der Waals surface area contributed by atoms with Crippen molar-refractivity contribution in [3.8, 4) is 0 Å². The molecule has 0 spiro atoms. The summed E-state index contributed by atoms with van der Waals surface area (Å²) >= 11 is 3.43. The number of hydrogen-bond donors (Lipinski definition) is 1. The fourth-order valence-electron chi connectivity index (χ4n) is 2.48. The molecule has 0 bridgehead atoms. The maximum atomic E-state index is 11.9. The van der Waals surface area contributed by atoms with Crippen molar-refractivity contribution in [1.82, 2.24) is 14.9 Å². The number of carbonyl (C=O) groups is 1. The maximum absolute atomic E-state index is 11.9. The highest BCUT2D eigenvalue weighted by Crippen LogP contribution is 2.22. The molecule has 1 aromatic heterocycles. The van der Waals surface area contributed by atoms with Gasteiger partial charge in [-0.15, -0.1) is 0 Å². The molecule has 0 amide bonds. The van der Waals surface area contributed by atoms with Crippen LogP contribution in [0.25, 0.3) is 0 Å². The lowest BCUT2D eigenvalue weighted by atomic mass is 9.92. The van der Waals surface area contributed by atoms with E-state index in [9.17, 15) is 4.79 Å². The van der Waals surface area contributed by atoms with E-state index in [2.05, 4.69) is 30.8 Å². The van der Waals surface area contributed by atoms with Gasteiger partial charge in [-0.3, -0.25) is 4.79 Å². The molecule has 0 aliphatic heterocycles. The van der Waals surface area contributed by atoms with Gasteiger partial charge in [-0.1, -0.05) is 41.9 Å². The van der Waals surface area contributed by atoms with Crippen LogP contribution in [0.4, 0.5) is 0 Å². The zero-order valence-electron chi connectivity index (χ0n) is 14.8. The summed E-state index contributed by atoms with van der Waals surface area (Å²) in [6.07, 6.45) is 7.49. The molecule has 1 aromatic carbocycles. The number of hydrogen-bond acceptors (Lipinski definition) is 3. The summed E-state index contributed by atoms with van der Waals surface area (Å²) in [5, 5.41) is 3.42. The normalized spacial score (nSPS) is 11.5. The van der Waals surface area contributed by atoms with Gasteiger partial charge in [0.15, 0.2) is 0 Å². The largest absolute Gasteiger partial charge is 0.337 e. The fourth-order valence-corrected chi connectivity index (χ4v) is 2.74. The first-order valence-corrected chi connectivity index (χ1v) is 9.38. The summed E-state index contributed by atoms with van der Waals surface area (Å²) in [5.74, 6) is 0.205. The molecule has 132 valence electrons. The Labute approximate surface area is 153 Å². The van der Waals surface area contributed by atoms with E-state index in [1.54, 1.807) is 13.1 Å². The first-order chi connectivity index (χ1) is 11.7. The lowest BCUT2D eigenvalue weighted by molar-refractivity contribution is -0.118. The molecule has 1 N–H and O–H groups in total. The molecule has 1 heterocycles. The number of nitrogens with one attached hydrogen (secondary N) is 1. The molecule has 0 aliphatic rings. The van der Waals surface area contributed by atoms with Crippen LogP contribution in [0, 0.1) is 0 Å². The molecular formula is C19H28BrN3O. The van der Waals surface area contributed by atoms with E-state index >= 15 is 0 Å². The van der Waals surface area contributed by atoms with Crippen molar-refractivity contribution in [2.75, 3.05) is 13.1 Å². The topological polar surface area (TPSA) is 46.9 Å². The number of benzene rings is 1. The van der Waals surface area contributed by atoms with Gasteiger partial charge in [0.05, 0.1) is 6.33 Å². The first kappa shape index (κ1) is 20.6. The zero-order valence-corrected chi connectivity index (χ0v) is 16.4. The summed E-state index contributed by atoms with van der Waals surface area (Å²) in [5.41, 5.74) is 1.09. The van der Waals surface area contributed by atoms with Crippen LogP contribution < -0.4 is 5.32 Å². The molecule has 1 atom stereocenters. The van der Waals surface area contributed by atoms with E-state index in [4.69, 9.17) is 0 Å². The van der Waals surface area contributed by atoms with Crippen molar-refractivity contribution < 1.29 is 4.79 Å². The molecular weight excluding hydrogens is 366 g/mol. The van der Waals surface area contributed by atoms with E-state index in [0.29, 0.717) is 0 Å². The van der Waals surface area contributed by atoms with Crippen molar-refractivity contribution in [3.63, 3.8) is 0 Å². The molecule has 24 heavy (non-hydrogen) atoms. The van der Waals surface area contributed by atoms with Gasteiger partial charge in [0, 0.05) is 29.3 Å². The Hall–Kier alpha value is -1.46. The second-order valence-electron chi connectivity index (χ2n) is 5.41. The van der Waals surface area contributed by atoms with Gasteiger partial charge < -0.3 is 9.88 Å². The lowest BCUT2D eigenvalue weighted by Gasteiger charge is -2.15. The van der Waals surface area contributed by atoms with E-state index in [-0.39, 0.29) is 11.7 Å². The van der Waals surface area contributed by atoms with Crippen molar-refractivity contribution >= 4 is 21.7 Å². The van der Waals surface area contributed by atoms with Gasteiger partial charge >= 0.3 is 0 Å². The second-order valence-corrected chi connectivity index (χ2v) is 6.32. The minimum absolute atomic E-state index is 0.0192. The number of Topliss-reactive ketones (excluding diaryl/α,β-unsaturated/α-hetero) is 1. The average molecular weight is 394 g/mol. The van der Waals surface area contributed by atoms with Crippen LogP contribution in [-0.2, 0) is 11.3 Å². The highest BCUT2D eigenvalue weighted by Gasteiger charge is 2.15. The van der Waals surface area contributed by atoms with Crippen LogP contribution in [0.2, 0.25) is 0 Å². The minimum atomic E-state index is -0.0192. The highest BCUT2D eigenvalue weighted by atomic mass is 79.9. The predicted molar refractivity (Wildman–Crippen MR) is 103 cm³/mol. The summed E-state index contributed by atoms with van der Waals surface area (Å²) in [6.45, 7) is 8.44. The summed E-state index contributed by atoms with van der Waals surface area (Å²) in [7, 11) is 0. The smallest absolute Gasteiger partial charge is 0.137 e. The number of aromatic nitrogens is 2. The Bertz CT molecular complexity index is 567. The number of imidazole rings is 1. The van der Waals surface area contributed by atoms with Crippen molar-refractivity contribution in [2.45, 2.75) is 46.1 Å². The number of halogens is 1. The van der Waals surface area contributed by atoms with Gasteiger partial charge in [0.2, 0.25) is 0 Å². The third kappa shape index (κ3) is 7.41. The van der Waals surface area contributed by atoms with Gasteiger partial charge in [-0.25, -0.2) is 4.98 Å². The van der Waals surface area contributed by atoms with Crippen molar-refractivity contribution in [1.29, 1.82) is 0 Å². The van der Waals surface area contributed by atoms with E-state index in [1.165, 1.54) is 0 Å². The SMILES string of the molecule is CC.CC(=O)C(CCNCCCn1ccnc1)c1ccc(Br)cc1. The average Bonchev–Trinajstić information content (AvgIpc) is 3.10. The quantitative estimate of drug-likeness (QED) is 0.641. The van der Waals surface area contributed by atoms with Crippen molar-refractivity contribution in [2.24, 2.45) is 0 Å². The van der Waals surface area contributed by atoms with Gasteiger partial charge in [-0.05, 0) is 50.6 Å². The van der Waals surface area contributed by atoms with Gasteiger partial charge in [0.1, 0.15) is 5.78 Å². The molecule has 5 heteroatoms. The maximum Gasteiger partial charge on any atom is 0.137 e. The number of aryl methyl sites for hydroxylation is 1. The summed E-state index contributed by atoms with van der Waals surface area (Å²) < 4.78 is 3.11. The third-order valence-corrected chi connectivity index (χ3v) is 4.23. The van der Waals surface area contributed by atoms with Crippen molar-refractivity contribution in [3.05, 3.63) is 53.0 Å². The number of ketones is 1. The van der Waals surface area contributed by atoms with E-state index in [1.807, 2.05) is 50.6 Å². The molecule has 0 saturated heterocycles. The molecule has 1 unspecified atom stereocenters. The second kappa shape index (κ2) is 12.0. The number of rotatable bonds is 9. The van der Waals surface area contributed by atoms with Crippen LogP contribution in [0.15, 0.2) is 47.5 Å². The molecule has 0 radical (unpaired) electrons. The first-order valence-electron chi connectivity index (χ1n) is 8.59. The highest BCUT2D eigenvalue weighted by molar-refractivity contribution is 9.10. The van der Waals surface area contributed by atoms with Gasteiger partial charge in [-0.2, -0.15) is 0 Å². The van der Waals surface area contributed by atoms with Crippen LogP contribution in [0.1, 0.15) is 45.1 Å². The Balaban J connectivity index is 0.00000139. The lowest BCUT2D eigenvalue weighted by Crippen LogP contribution is -2.22. The Morgan fingerprint density at radius 3 is 2.54 bits per heavy atom. The van der Waals surface area contributed by atoms with E-state index in [0.717, 1.165) is 42.5 Å². The molecule has 0 aliphatic carbocycles. The Morgan fingerprint density at radius 1 is 1.25 bits per heavy atom. The standard InChI is InChI=1S/C17H22BrN3O.C2H6/c1-14(22)17(15-3-5-16(18)6-4-15)7-9-19-8-2-11-21-12-10-20-13-21;1-2/h3-6,10,12-13,17,19H,2,7-9,11H2,1H3;1-2H3. The molecule has 2 aromatic rings. The molecule has 2 rings (SSSR count). The van der Waals surface area contributed by atoms with Crippen LogP contribution in [0.5, 0.6) is 0 Å². The number of nitrogens with zero attached hydrogens (tertiary/aromatic N) is 2. The van der Waals surface area contributed by atoms with Crippen LogP contribution in [0.3, 0.4) is 0 Å². The third-order valence-electron chi connectivity index (χ3n) is 3.70. The zero-order chi connectivity index (χ0) is 17.8. The van der Waals surface area contributed by atoms with Crippen LogP contribution >= 0.6 is 15.9 Å². The van der Waals surface area contributed by atoms with Gasteiger partial charge in [0.25, 0.3) is 0 Å². The monoisotopic (exact) mass is 393 g/mol. The Kier molecular flexibility index (Phi) is 10.3. The number of carbonyl (C=O) groups excluding carboxylic acids is 1. The molecule has 4 nitrogen and oxygen atoms in total. The van der Waals surface area contributed by atoms with E-state index < -0.39 is 0 Å². The Morgan fingerprint density at radius 2 is 1.96 bits per heavy atom.